The number of aryl methyl sites for hydroxylation is 2. The molecule has 0 spiro atoms. The molecule has 20 heavy (non-hydrogen) atoms. The molecule has 0 radical (unpaired) electrons. The number of halogens is 2. The van der Waals surface area contributed by atoms with Gasteiger partial charge in [-0.1, -0.05) is 47.5 Å². The molecule has 0 aliphatic carbocycles. The Morgan fingerprint density at radius 3 is 2.25 bits per heavy atom. The molecule has 0 aliphatic heterocycles. The van der Waals surface area contributed by atoms with E-state index in [0.29, 0.717) is 10.0 Å². The van der Waals surface area contributed by atoms with Crippen LogP contribution in [0.4, 0.5) is 0 Å². The van der Waals surface area contributed by atoms with Crippen molar-refractivity contribution in [3.63, 3.8) is 0 Å². The molecule has 0 bridgehead atoms. The lowest BCUT2D eigenvalue weighted by Crippen LogP contribution is -2.20. The molecular formula is C17H19Cl2N. The molecule has 1 nitrogen and oxygen atoms in total. The lowest BCUT2D eigenvalue weighted by Gasteiger charge is -2.20. The van der Waals surface area contributed by atoms with Crippen LogP contribution in [0.5, 0.6) is 0 Å². The first-order chi connectivity index (χ1) is 9.52. The topological polar surface area (TPSA) is 12.0 Å². The largest absolute Gasteiger partial charge is 0.313 e. The first-order valence-corrected chi connectivity index (χ1v) is 7.46. The van der Waals surface area contributed by atoms with Crippen molar-refractivity contribution in [2.45, 2.75) is 26.3 Å². The van der Waals surface area contributed by atoms with Crippen LogP contribution in [0.1, 0.15) is 28.3 Å². The first-order valence-electron chi connectivity index (χ1n) is 6.70. The number of hydrogen-bond donors (Lipinski definition) is 1. The minimum absolute atomic E-state index is 0.180. The second-order valence-corrected chi connectivity index (χ2v) is 5.93. The Labute approximate surface area is 130 Å². The van der Waals surface area contributed by atoms with Gasteiger partial charge in [0.2, 0.25) is 0 Å². The van der Waals surface area contributed by atoms with E-state index >= 15 is 0 Å². The van der Waals surface area contributed by atoms with Gasteiger partial charge in [0.15, 0.2) is 0 Å². The van der Waals surface area contributed by atoms with Crippen LogP contribution in [0, 0.1) is 13.8 Å². The summed E-state index contributed by atoms with van der Waals surface area (Å²) in [7, 11) is 1.96. The van der Waals surface area contributed by atoms with Crippen LogP contribution < -0.4 is 5.32 Å². The van der Waals surface area contributed by atoms with Gasteiger partial charge in [-0.3, -0.25) is 0 Å². The molecule has 0 heterocycles. The fourth-order valence-corrected chi connectivity index (χ4v) is 3.07. The second-order valence-electron chi connectivity index (χ2n) is 5.08. The molecule has 106 valence electrons. The van der Waals surface area contributed by atoms with Crippen molar-refractivity contribution in [3.8, 4) is 0 Å². The highest BCUT2D eigenvalue weighted by Gasteiger charge is 2.16. The summed E-state index contributed by atoms with van der Waals surface area (Å²) in [5.74, 6) is 0. The van der Waals surface area contributed by atoms with E-state index in [2.05, 4.69) is 37.4 Å². The van der Waals surface area contributed by atoms with Crippen molar-refractivity contribution < 1.29 is 0 Å². The molecule has 2 aromatic rings. The zero-order chi connectivity index (χ0) is 14.7. The lowest BCUT2D eigenvalue weighted by molar-refractivity contribution is 0.589. The molecule has 2 rings (SSSR count). The third kappa shape index (κ3) is 3.35. The van der Waals surface area contributed by atoms with Crippen molar-refractivity contribution in [3.05, 3.63) is 68.7 Å². The Morgan fingerprint density at radius 1 is 1.05 bits per heavy atom. The summed E-state index contributed by atoms with van der Waals surface area (Å²) in [6.07, 6.45) is 0.913. The van der Waals surface area contributed by atoms with Crippen LogP contribution in [-0.2, 0) is 6.42 Å². The smallest absolute Gasteiger partial charge is 0.0468 e. The molecule has 0 fully saturated rings. The molecule has 0 aromatic heterocycles. The third-order valence-corrected chi connectivity index (χ3v) is 4.30. The van der Waals surface area contributed by atoms with Crippen molar-refractivity contribution in [1.82, 2.24) is 5.32 Å². The maximum atomic E-state index is 6.32. The van der Waals surface area contributed by atoms with Crippen LogP contribution in [0.3, 0.4) is 0 Å². The number of benzene rings is 2. The maximum Gasteiger partial charge on any atom is 0.0468 e. The SMILES string of the molecule is CNC(Cc1c(C)cccc1C)c1ccc(Cl)cc1Cl. The average Bonchev–Trinajstić information content (AvgIpc) is 2.40. The summed E-state index contributed by atoms with van der Waals surface area (Å²) < 4.78 is 0. The second kappa shape index (κ2) is 6.62. The van der Waals surface area contributed by atoms with Crippen molar-refractivity contribution in [2.75, 3.05) is 7.05 Å². The first kappa shape index (κ1) is 15.4. The normalized spacial score (nSPS) is 12.4. The van der Waals surface area contributed by atoms with E-state index in [1.54, 1.807) is 6.07 Å². The number of hydrogen-bond acceptors (Lipinski definition) is 1. The standard InChI is InChI=1S/C17H19Cl2N/c1-11-5-4-6-12(2)15(11)10-17(20-3)14-8-7-13(18)9-16(14)19/h4-9,17,20H,10H2,1-3H3. The van der Waals surface area contributed by atoms with Crippen LogP contribution >= 0.6 is 23.2 Å². The molecule has 0 saturated carbocycles. The molecule has 0 amide bonds. The monoisotopic (exact) mass is 307 g/mol. The van der Waals surface area contributed by atoms with Gasteiger partial charge in [-0.25, -0.2) is 0 Å². The van der Waals surface area contributed by atoms with Crippen LogP contribution in [0.15, 0.2) is 36.4 Å². The van der Waals surface area contributed by atoms with Gasteiger partial charge in [0.25, 0.3) is 0 Å². The van der Waals surface area contributed by atoms with Gasteiger partial charge in [-0.15, -0.1) is 0 Å². The van der Waals surface area contributed by atoms with Crippen molar-refractivity contribution in [1.29, 1.82) is 0 Å². The molecule has 1 N–H and O–H groups in total. The predicted octanol–water partition coefficient (Wildman–Crippen LogP) is 5.11. The highest BCUT2D eigenvalue weighted by atomic mass is 35.5. The van der Waals surface area contributed by atoms with E-state index in [1.807, 2.05) is 19.2 Å². The zero-order valence-electron chi connectivity index (χ0n) is 12.0. The van der Waals surface area contributed by atoms with Gasteiger partial charge >= 0.3 is 0 Å². The van der Waals surface area contributed by atoms with Gasteiger partial charge < -0.3 is 5.32 Å². The van der Waals surface area contributed by atoms with E-state index in [0.717, 1.165) is 12.0 Å². The zero-order valence-corrected chi connectivity index (χ0v) is 13.5. The Morgan fingerprint density at radius 2 is 1.70 bits per heavy atom. The van der Waals surface area contributed by atoms with Gasteiger partial charge in [0, 0.05) is 16.1 Å². The van der Waals surface area contributed by atoms with E-state index in [1.165, 1.54) is 16.7 Å². The summed E-state index contributed by atoms with van der Waals surface area (Å²) in [6.45, 7) is 4.30. The highest BCUT2D eigenvalue weighted by Crippen LogP contribution is 2.29. The van der Waals surface area contributed by atoms with Gasteiger partial charge in [-0.05, 0) is 61.7 Å². The summed E-state index contributed by atoms with van der Waals surface area (Å²) in [6, 6.07) is 12.3. The van der Waals surface area contributed by atoms with Crippen molar-refractivity contribution in [2.24, 2.45) is 0 Å². The molecule has 1 unspecified atom stereocenters. The van der Waals surface area contributed by atoms with Crippen LogP contribution in [0.25, 0.3) is 0 Å². The molecule has 2 aromatic carbocycles. The third-order valence-electron chi connectivity index (χ3n) is 3.74. The van der Waals surface area contributed by atoms with E-state index in [-0.39, 0.29) is 6.04 Å². The van der Waals surface area contributed by atoms with Crippen LogP contribution in [-0.4, -0.2) is 7.05 Å². The summed E-state index contributed by atoms with van der Waals surface area (Å²) in [5, 5.41) is 4.73. The summed E-state index contributed by atoms with van der Waals surface area (Å²) in [5.41, 5.74) is 5.09. The van der Waals surface area contributed by atoms with E-state index in [9.17, 15) is 0 Å². The molecule has 3 heteroatoms. The minimum Gasteiger partial charge on any atom is -0.313 e. The summed E-state index contributed by atoms with van der Waals surface area (Å²) >= 11 is 12.3. The fraction of sp³-hybridized carbons (Fsp3) is 0.294. The minimum atomic E-state index is 0.180. The molecule has 1 atom stereocenters. The van der Waals surface area contributed by atoms with E-state index < -0.39 is 0 Å². The van der Waals surface area contributed by atoms with Gasteiger partial charge in [0.1, 0.15) is 0 Å². The van der Waals surface area contributed by atoms with E-state index in [4.69, 9.17) is 23.2 Å². The van der Waals surface area contributed by atoms with Crippen LogP contribution in [0.2, 0.25) is 10.0 Å². The Hall–Kier alpha value is -1.02. The quantitative estimate of drug-likeness (QED) is 0.827. The predicted molar refractivity (Wildman–Crippen MR) is 87.9 cm³/mol. The fourth-order valence-electron chi connectivity index (χ4n) is 2.53. The Bertz CT molecular complexity index is 588. The molecule has 0 aliphatic rings. The number of nitrogens with one attached hydrogen (secondary N) is 1. The summed E-state index contributed by atoms with van der Waals surface area (Å²) in [4.78, 5) is 0. The Kier molecular flexibility index (Phi) is 5.09. The lowest BCUT2D eigenvalue weighted by atomic mass is 9.93. The highest BCUT2D eigenvalue weighted by molar-refractivity contribution is 6.35. The average molecular weight is 308 g/mol. The van der Waals surface area contributed by atoms with Crippen molar-refractivity contribution >= 4 is 23.2 Å². The molecule has 0 saturated heterocycles. The Balaban J connectivity index is 2.34. The maximum absolute atomic E-state index is 6.32. The number of likely N-dealkylation sites (N-methyl/N-ethyl adjacent to an activating group) is 1. The van der Waals surface area contributed by atoms with Gasteiger partial charge in [-0.2, -0.15) is 0 Å². The number of rotatable bonds is 4. The molecular weight excluding hydrogens is 289 g/mol. The van der Waals surface area contributed by atoms with Gasteiger partial charge in [0.05, 0.1) is 0 Å².